The first-order valence-corrected chi connectivity index (χ1v) is 11.0. The van der Waals surface area contributed by atoms with Crippen molar-refractivity contribution >= 4 is 34.3 Å². The second-order valence-electron chi connectivity index (χ2n) is 7.54. The Labute approximate surface area is 185 Å². The normalized spacial score (nSPS) is 10.9. The van der Waals surface area contributed by atoms with Crippen molar-refractivity contribution in [1.82, 2.24) is 9.55 Å². The molecule has 6 heteroatoms. The molecule has 4 aromatic rings. The summed E-state index contributed by atoms with van der Waals surface area (Å²) in [4.78, 5) is 30.6. The number of hydrogen-bond acceptors (Lipinski definition) is 4. The number of carbonyl (C=O) groups excluding carboxylic acids is 1. The molecule has 0 atom stereocenters. The van der Waals surface area contributed by atoms with Crippen LogP contribution in [0.2, 0.25) is 0 Å². The lowest BCUT2D eigenvalue weighted by atomic mass is 10.1. The van der Waals surface area contributed by atoms with Gasteiger partial charge >= 0.3 is 0 Å². The van der Waals surface area contributed by atoms with Crippen LogP contribution in [0.15, 0.2) is 76.7 Å². The Bertz CT molecular complexity index is 1330. The molecular formula is C25H23N3O2S. The number of carbonyl (C=O) groups is 1. The number of rotatable bonds is 5. The lowest BCUT2D eigenvalue weighted by Crippen LogP contribution is -2.23. The van der Waals surface area contributed by atoms with E-state index in [4.69, 9.17) is 0 Å². The Kier molecular flexibility index (Phi) is 5.91. The zero-order valence-electron chi connectivity index (χ0n) is 17.7. The maximum absolute atomic E-state index is 13.3. The highest BCUT2D eigenvalue weighted by molar-refractivity contribution is 7.99. The number of aromatic nitrogens is 2. The molecule has 0 saturated carbocycles. The highest BCUT2D eigenvalue weighted by atomic mass is 32.2. The minimum Gasteiger partial charge on any atom is -0.325 e. The van der Waals surface area contributed by atoms with Gasteiger partial charge < -0.3 is 5.32 Å². The Morgan fingerprint density at radius 1 is 0.968 bits per heavy atom. The third-order valence-corrected chi connectivity index (χ3v) is 5.96. The smallest absolute Gasteiger partial charge is 0.266 e. The number of anilines is 1. The van der Waals surface area contributed by atoms with Gasteiger partial charge in [-0.1, -0.05) is 59.3 Å². The minimum atomic E-state index is -0.147. The molecule has 0 bridgehead atoms. The first-order valence-electron chi connectivity index (χ1n) is 10.0. The van der Waals surface area contributed by atoms with Crippen molar-refractivity contribution in [1.29, 1.82) is 0 Å². The van der Waals surface area contributed by atoms with Gasteiger partial charge in [0, 0.05) is 5.69 Å². The van der Waals surface area contributed by atoms with Gasteiger partial charge in [-0.15, -0.1) is 0 Å². The molecule has 1 N–H and O–H groups in total. The molecule has 1 amide bonds. The summed E-state index contributed by atoms with van der Waals surface area (Å²) in [7, 11) is 0. The molecular weight excluding hydrogens is 406 g/mol. The van der Waals surface area contributed by atoms with Gasteiger partial charge in [0.2, 0.25) is 5.91 Å². The average Bonchev–Trinajstić information content (AvgIpc) is 2.75. The Morgan fingerprint density at radius 2 is 1.68 bits per heavy atom. The third-order valence-electron chi connectivity index (χ3n) is 5.03. The van der Waals surface area contributed by atoms with E-state index in [1.165, 1.54) is 11.8 Å². The van der Waals surface area contributed by atoms with Crippen molar-refractivity contribution in [3.05, 3.63) is 93.8 Å². The number of benzene rings is 3. The first-order chi connectivity index (χ1) is 14.9. The van der Waals surface area contributed by atoms with Gasteiger partial charge in [-0.05, 0) is 56.7 Å². The van der Waals surface area contributed by atoms with Crippen LogP contribution in [-0.4, -0.2) is 21.2 Å². The summed E-state index contributed by atoms with van der Waals surface area (Å²) in [6, 6.07) is 20.9. The summed E-state index contributed by atoms with van der Waals surface area (Å²) in [5, 5.41) is 3.99. The summed E-state index contributed by atoms with van der Waals surface area (Å²) < 4.78 is 1.58. The highest BCUT2D eigenvalue weighted by Gasteiger charge is 2.15. The molecule has 156 valence electrons. The van der Waals surface area contributed by atoms with Gasteiger partial charge in [0.1, 0.15) is 0 Å². The molecule has 0 saturated heterocycles. The van der Waals surface area contributed by atoms with Gasteiger partial charge in [-0.25, -0.2) is 4.98 Å². The lowest BCUT2D eigenvalue weighted by molar-refractivity contribution is -0.113. The molecule has 5 nitrogen and oxygen atoms in total. The molecule has 0 spiro atoms. The van der Waals surface area contributed by atoms with Gasteiger partial charge in [-0.3, -0.25) is 14.2 Å². The summed E-state index contributed by atoms with van der Waals surface area (Å²) in [5.74, 6) is -0.000873. The first kappa shape index (κ1) is 20.9. The van der Waals surface area contributed by atoms with Crippen molar-refractivity contribution in [2.75, 3.05) is 11.1 Å². The molecule has 3 aromatic carbocycles. The van der Waals surface area contributed by atoms with Crippen molar-refractivity contribution in [2.45, 2.75) is 25.9 Å². The Balaban J connectivity index is 1.66. The maximum atomic E-state index is 13.3. The molecule has 0 unspecified atom stereocenters. The topological polar surface area (TPSA) is 64.0 Å². The summed E-state index contributed by atoms with van der Waals surface area (Å²) in [5.41, 5.74) is 5.25. The SMILES string of the molecule is Cc1ccc(-n2c(SCC(=O)Nc3ccc(C)cc3C)nc3ccccc3c2=O)cc1. The number of fused-ring (bicyclic) bond motifs is 1. The maximum Gasteiger partial charge on any atom is 0.266 e. The minimum absolute atomic E-state index is 0.143. The quantitative estimate of drug-likeness (QED) is 0.356. The van der Waals surface area contributed by atoms with Gasteiger partial charge in [0.05, 0.1) is 22.3 Å². The Hall–Kier alpha value is -3.38. The van der Waals surface area contributed by atoms with E-state index < -0.39 is 0 Å². The number of amides is 1. The molecule has 0 fully saturated rings. The fourth-order valence-electron chi connectivity index (χ4n) is 3.40. The monoisotopic (exact) mass is 429 g/mol. The van der Waals surface area contributed by atoms with Gasteiger partial charge in [0.15, 0.2) is 5.16 Å². The van der Waals surface area contributed by atoms with Crippen molar-refractivity contribution < 1.29 is 4.79 Å². The molecule has 1 aromatic heterocycles. The number of aryl methyl sites for hydroxylation is 3. The zero-order valence-corrected chi connectivity index (χ0v) is 18.5. The molecule has 0 radical (unpaired) electrons. The number of nitrogens with zero attached hydrogens (tertiary/aromatic N) is 2. The summed E-state index contributed by atoms with van der Waals surface area (Å²) in [6.07, 6.45) is 0. The molecule has 0 aliphatic carbocycles. The predicted molar refractivity (Wildman–Crippen MR) is 127 cm³/mol. The number of hydrogen-bond donors (Lipinski definition) is 1. The summed E-state index contributed by atoms with van der Waals surface area (Å²) >= 11 is 1.25. The number of para-hydroxylation sites is 1. The fourth-order valence-corrected chi connectivity index (χ4v) is 4.21. The van der Waals surface area contributed by atoms with Crippen LogP contribution in [0.3, 0.4) is 0 Å². The standard InChI is InChI=1S/C25H23N3O2S/c1-16-8-11-19(12-9-16)28-24(30)20-6-4-5-7-22(20)27-25(28)31-15-23(29)26-21-13-10-17(2)14-18(21)3/h4-14H,15H2,1-3H3,(H,26,29). The van der Waals surface area contributed by atoms with E-state index in [2.05, 4.69) is 10.3 Å². The van der Waals surface area contributed by atoms with Crippen LogP contribution in [0.1, 0.15) is 16.7 Å². The number of thioether (sulfide) groups is 1. The van der Waals surface area contributed by atoms with Crippen LogP contribution in [0.25, 0.3) is 16.6 Å². The van der Waals surface area contributed by atoms with Crippen LogP contribution in [-0.2, 0) is 4.79 Å². The molecule has 31 heavy (non-hydrogen) atoms. The highest BCUT2D eigenvalue weighted by Crippen LogP contribution is 2.22. The van der Waals surface area contributed by atoms with Crippen molar-refractivity contribution in [2.24, 2.45) is 0 Å². The largest absolute Gasteiger partial charge is 0.325 e. The van der Waals surface area contributed by atoms with E-state index in [-0.39, 0.29) is 17.2 Å². The van der Waals surface area contributed by atoms with E-state index in [9.17, 15) is 9.59 Å². The van der Waals surface area contributed by atoms with Crippen molar-refractivity contribution in [3.63, 3.8) is 0 Å². The second kappa shape index (κ2) is 8.78. The summed E-state index contributed by atoms with van der Waals surface area (Å²) in [6.45, 7) is 5.98. The van der Waals surface area contributed by atoms with Crippen LogP contribution < -0.4 is 10.9 Å². The Morgan fingerprint density at radius 3 is 2.42 bits per heavy atom. The molecule has 4 rings (SSSR count). The lowest BCUT2D eigenvalue weighted by Gasteiger charge is -2.14. The third kappa shape index (κ3) is 4.54. The molecule has 0 aliphatic rings. The van der Waals surface area contributed by atoms with Crippen LogP contribution in [0.4, 0.5) is 5.69 Å². The predicted octanol–water partition coefficient (Wildman–Crippen LogP) is 5.04. The van der Waals surface area contributed by atoms with E-state index in [1.54, 1.807) is 10.6 Å². The second-order valence-corrected chi connectivity index (χ2v) is 8.49. The van der Waals surface area contributed by atoms with E-state index >= 15 is 0 Å². The van der Waals surface area contributed by atoms with E-state index in [1.807, 2.05) is 81.4 Å². The van der Waals surface area contributed by atoms with Crippen LogP contribution >= 0.6 is 11.8 Å². The van der Waals surface area contributed by atoms with Gasteiger partial charge in [0.25, 0.3) is 5.56 Å². The molecule has 0 aliphatic heterocycles. The zero-order chi connectivity index (χ0) is 22.0. The number of nitrogens with one attached hydrogen (secondary N) is 1. The van der Waals surface area contributed by atoms with Gasteiger partial charge in [-0.2, -0.15) is 0 Å². The molecule has 1 heterocycles. The van der Waals surface area contributed by atoms with Crippen molar-refractivity contribution in [3.8, 4) is 5.69 Å². The van der Waals surface area contributed by atoms with E-state index in [0.717, 1.165) is 28.1 Å². The van der Waals surface area contributed by atoms with Crippen LogP contribution in [0.5, 0.6) is 0 Å². The fraction of sp³-hybridized carbons (Fsp3) is 0.160. The van der Waals surface area contributed by atoms with E-state index in [0.29, 0.717) is 16.1 Å². The average molecular weight is 430 g/mol. The van der Waals surface area contributed by atoms with Crippen LogP contribution in [0, 0.1) is 20.8 Å².